The van der Waals surface area contributed by atoms with Gasteiger partial charge < -0.3 is 15.0 Å². The number of likely N-dealkylation sites (tertiary alicyclic amines) is 1. The zero-order chi connectivity index (χ0) is 22.5. The third-order valence-electron chi connectivity index (χ3n) is 5.19. The topological polar surface area (TPSA) is 91.2 Å². The Labute approximate surface area is 185 Å². The molecule has 1 aromatic heterocycles. The van der Waals surface area contributed by atoms with Gasteiger partial charge in [0.1, 0.15) is 29.5 Å². The second-order valence-electron chi connectivity index (χ2n) is 7.34. The van der Waals surface area contributed by atoms with Gasteiger partial charge in [-0.3, -0.25) is 10.2 Å². The van der Waals surface area contributed by atoms with Gasteiger partial charge in [0.15, 0.2) is 0 Å². The number of benzene rings is 2. The number of amides is 1. The molecule has 1 fully saturated rings. The van der Waals surface area contributed by atoms with Crippen LogP contribution in [0.25, 0.3) is 0 Å². The van der Waals surface area contributed by atoms with E-state index in [-0.39, 0.29) is 23.2 Å². The second kappa shape index (κ2) is 9.38. The maximum Gasteiger partial charge on any atom is 0.246 e. The molecule has 0 saturated carbocycles. The summed E-state index contributed by atoms with van der Waals surface area (Å²) in [4.78, 5) is 21.8. The molecule has 1 amide bonds. The summed E-state index contributed by atoms with van der Waals surface area (Å²) in [6.45, 7) is 4.63. The number of rotatable bonds is 7. The van der Waals surface area contributed by atoms with Crippen molar-refractivity contribution in [3.05, 3.63) is 90.7 Å². The van der Waals surface area contributed by atoms with Crippen molar-refractivity contribution in [1.29, 1.82) is 5.41 Å². The summed E-state index contributed by atoms with van der Waals surface area (Å²) < 4.78 is 20.5. The molecule has 4 rings (SSSR count). The Morgan fingerprint density at radius 1 is 1.22 bits per heavy atom. The molecule has 2 aromatic carbocycles. The van der Waals surface area contributed by atoms with Crippen molar-refractivity contribution in [3.8, 4) is 11.5 Å². The SMILES string of the molecule is C=CC(=O)N1CC[C@@H](Nc2ncncc2C(=N)c2ccc(Oc3ccccc3)cc2F)C1. The number of anilines is 1. The molecule has 2 N–H and O–H groups in total. The highest BCUT2D eigenvalue weighted by Gasteiger charge is 2.26. The maximum absolute atomic E-state index is 14.9. The monoisotopic (exact) mass is 431 g/mol. The molecule has 3 aromatic rings. The number of carbonyl (C=O) groups is 1. The predicted molar refractivity (Wildman–Crippen MR) is 120 cm³/mol. The van der Waals surface area contributed by atoms with E-state index in [0.29, 0.717) is 36.0 Å². The van der Waals surface area contributed by atoms with E-state index in [2.05, 4.69) is 21.9 Å². The Kier molecular flexibility index (Phi) is 6.21. The number of carbonyl (C=O) groups excluding carboxylic acids is 1. The standard InChI is InChI=1S/C24H22FN5O2/c1-2-22(31)30-11-10-16(14-30)29-24-20(13-27-15-28-24)23(26)19-9-8-18(12-21(19)25)32-17-6-4-3-5-7-17/h2-9,12-13,15-16,26H,1,10-11,14H2,(H,27,28,29)/t16-/m1/s1. The van der Waals surface area contributed by atoms with Crippen molar-refractivity contribution in [3.63, 3.8) is 0 Å². The molecule has 2 heterocycles. The Bertz CT molecular complexity index is 1150. The summed E-state index contributed by atoms with van der Waals surface area (Å²) in [5.74, 6) is 0.655. The smallest absolute Gasteiger partial charge is 0.246 e. The van der Waals surface area contributed by atoms with Gasteiger partial charge in [0, 0.05) is 37.0 Å². The molecule has 7 nitrogen and oxygen atoms in total. The van der Waals surface area contributed by atoms with Gasteiger partial charge >= 0.3 is 0 Å². The van der Waals surface area contributed by atoms with E-state index in [9.17, 15) is 9.18 Å². The first-order chi connectivity index (χ1) is 15.5. The van der Waals surface area contributed by atoms with Gasteiger partial charge in [-0.05, 0) is 36.8 Å². The largest absolute Gasteiger partial charge is 0.457 e. The van der Waals surface area contributed by atoms with Crippen LogP contribution in [0.4, 0.5) is 10.2 Å². The van der Waals surface area contributed by atoms with Crippen molar-refractivity contribution >= 4 is 17.4 Å². The maximum atomic E-state index is 14.9. The number of para-hydroxylation sites is 1. The van der Waals surface area contributed by atoms with Crippen molar-refractivity contribution in [2.45, 2.75) is 12.5 Å². The van der Waals surface area contributed by atoms with E-state index in [1.807, 2.05) is 18.2 Å². The Morgan fingerprint density at radius 2 is 2.03 bits per heavy atom. The van der Waals surface area contributed by atoms with Crippen LogP contribution in [0.5, 0.6) is 11.5 Å². The minimum atomic E-state index is -0.582. The minimum Gasteiger partial charge on any atom is -0.457 e. The molecule has 1 aliphatic rings. The number of nitrogens with one attached hydrogen (secondary N) is 2. The van der Waals surface area contributed by atoms with Crippen LogP contribution < -0.4 is 10.1 Å². The van der Waals surface area contributed by atoms with Gasteiger partial charge in [0.25, 0.3) is 0 Å². The number of hydrogen-bond donors (Lipinski definition) is 2. The summed E-state index contributed by atoms with van der Waals surface area (Å²) in [5.41, 5.74) is 0.434. The molecule has 0 unspecified atom stereocenters. The van der Waals surface area contributed by atoms with Crippen LogP contribution in [-0.4, -0.2) is 45.6 Å². The third kappa shape index (κ3) is 4.64. The molecule has 0 aliphatic carbocycles. The number of halogens is 1. The highest BCUT2D eigenvalue weighted by Crippen LogP contribution is 2.26. The average molecular weight is 431 g/mol. The molecular weight excluding hydrogens is 409 g/mol. The normalized spacial score (nSPS) is 15.3. The zero-order valence-corrected chi connectivity index (χ0v) is 17.3. The molecule has 32 heavy (non-hydrogen) atoms. The number of aromatic nitrogens is 2. The fourth-order valence-electron chi connectivity index (χ4n) is 3.56. The second-order valence-corrected chi connectivity index (χ2v) is 7.34. The van der Waals surface area contributed by atoms with Crippen molar-refractivity contribution < 1.29 is 13.9 Å². The highest BCUT2D eigenvalue weighted by atomic mass is 19.1. The van der Waals surface area contributed by atoms with Gasteiger partial charge in [0.2, 0.25) is 5.91 Å². The first-order valence-electron chi connectivity index (χ1n) is 10.1. The lowest BCUT2D eigenvalue weighted by atomic mass is 10.0. The van der Waals surface area contributed by atoms with Crippen LogP contribution in [0.3, 0.4) is 0 Å². The van der Waals surface area contributed by atoms with Crippen LogP contribution in [0.1, 0.15) is 17.5 Å². The molecule has 0 spiro atoms. The van der Waals surface area contributed by atoms with E-state index in [0.717, 1.165) is 6.42 Å². The first-order valence-corrected chi connectivity index (χ1v) is 10.1. The minimum absolute atomic E-state index is 0.0353. The van der Waals surface area contributed by atoms with Crippen molar-refractivity contribution in [1.82, 2.24) is 14.9 Å². The van der Waals surface area contributed by atoms with Crippen LogP contribution in [0, 0.1) is 11.2 Å². The van der Waals surface area contributed by atoms with Crippen LogP contribution in [-0.2, 0) is 4.79 Å². The predicted octanol–water partition coefficient (Wildman–Crippen LogP) is 4.02. The number of ether oxygens (including phenoxy) is 1. The van der Waals surface area contributed by atoms with Crippen LogP contribution in [0.2, 0.25) is 0 Å². The van der Waals surface area contributed by atoms with Gasteiger partial charge in [-0.1, -0.05) is 24.8 Å². The Balaban J connectivity index is 1.51. The summed E-state index contributed by atoms with van der Waals surface area (Å²) in [6, 6.07) is 13.4. The molecule has 1 aliphatic heterocycles. The average Bonchev–Trinajstić information content (AvgIpc) is 3.28. The van der Waals surface area contributed by atoms with E-state index in [1.165, 1.54) is 30.7 Å². The molecule has 1 saturated heterocycles. The van der Waals surface area contributed by atoms with Gasteiger partial charge in [-0.2, -0.15) is 0 Å². The third-order valence-corrected chi connectivity index (χ3v) is 5.19. The molecule has 1 atom stereocenters. The van der Waals surface area contributed by atoms with E-state index >= 15 is 0 Å². The summed E-state index contributed by atoms with van der Waals surface area (Å²) >= 11 is 0. The quantitative estimate of drug-likeness (QED) is 0.436. The Hall–Kier alpha value is -4.07. The molecule has 162 valence electrons. The van der Waals surface area contributed by atoms with E-state index in [4.69, 9.17) is 10.1 Å². The fourth-order valence-corrected chi connectivity index (χ4v) is 3.56. The molecule has 0 bridgehead atoms. The lowest BCUT2D eigenvalue weighted by Crippen LogP contribution is -2.30. The van der Waals surface area contributed by atoms with E-state index < -0.39 is 5.82 Å². The molecule has 8 heteroatoms. The number of nitrogens with zero attached hydrogens (tertiary/aromatic N) is 3. The van der Waals surface area contributed by atoms with Crippen LogP contribution in [0.15, 0.2) is 73.7 Å². The van der Waals surface area contributed by atoms with Crippen molar-refractivity contribution in [2.24, 2.45) is 0 Å². The highest BCUT2D eigenvalue weighted by molar-refractivity contribution is 6.13. The summed E-state index contributed by atoms with van der Waals surface area (Å²) in [7, 11) is 0. The van der Waals surface area contributed by atoms with Crippen molar-refractivity contribution in [2.75, 3.05) is 18.4 Å². The summed E-state index contributed by atoms with van der Waals surface area (Å²) in [6.07, 6.45) is 4.87. The first kappa shape index (κ1) is 21.2. The van der Waals surface area contributed by atoms with Gasteiger partial charge in [-0.25, -0.2) is 14.4 Å². The van der Waals surface area contributed by atoms with E-state index in [1.54, 1.807) is 23.1 Å². The summed E-state index contributed by atoms with van der Waals surface area (Å²) in [5, 5.41) is 11.8. The lowest BCUT2D eigenvalue weighted by molar-refractivity contribution is -0.125. The fraction of sp³-hybridized carbons (Fsp3) is 0.167. The van der Waals surface area contributed by atoms with Crippen LogP contribution >= 0.6 is 0 Å². The number of hydrogen-bond acceptors (Lipinski definition) is 6. The van der Waals surface area contributed by atoms with Gasteiger partial charge in [0.05, 0.1) is 11.3 Å². The zero-order valence-electron chi connectivity index (χ0n) is 17.3. The van der Waals surface area contributed by atoms with Gasteiger partial charge in [-0.15, -0.1) is 0 Å². The molecule has 0 radical (unpaired) electrons. The Morgan fingerprint density at radius 3 is 2.78 bits per heavy atom. The molecular formula is C24H22FN5O2. The lowest BCUT2D eigenvalue weighted by Gasteiger charge is -2.18.